The molecule has 25 heavy (non-hydrogen) atoms. The summed E-state index contributed by atoms with van der Waals surface area (Å²) in [7, 11) is 0. The Hall–Kier alpha value is -0.860. The van der Waals surface area contributed by atoms with Gasteiger partial charge in [0, 0.05) is 6.04 Å². The quantitative estimate of drug-likeness (QED) is 0.537. The first-order chi connectivity index (χ1) is 11.7. The van der Waals surface area contributed by atoms with Crippen molar-refractivity contribution < 1.29 is 0 Å². The monoisotopic (exact) mass is 352 g/mol. The van der Waals surface area contributed by atoms with Crippen molar-refractivity contribution in [2.24, 2.45) is 28.7 Å². The smallest absolute Gasteiger partial charge is 0.00482 e. The van der Waals surface area contributed by atoms with E-state index in [2.05, 4.69) is 72.9 Å². The highest BCUT2D eigenvalue weighted by molar-refractivity contribution is 5.26. The zero-order valence-electron chi connectivity index (χ0n) is 18.6. The van der Waals surface area contributed by atoms with Crippen LogP contribution < -0.4 is 11.5 Å². The Bertz CT molecular complexity index is 342. The molecule has 150 valence electrons. The van der Waals surface area contributed by atoms with Gasteiger partial charge in [-0.1, -0.05) is 79.2 Å². The maximum absolute atomic E-state index is 5.50. The molecule has 2 unspecified atom stereocenters. The van der Waals surface area contributed by atoms with Crippen molar-refractivity contribution in [2.75, 3.05) is 6.54 Å². The molecule has 2 heteroatoms. The van der Waals surface area contributed by atoms with Crippen LogP contribution in [0.25, 0.3) is 0 Å². The van der Waals surface area contributed by atoms with E-state index in [0.717, 1.165) is 31.2 Å². The Morgan fingerprint density at radius 1 is 1.16 bits per heavy atom. The van der Waals surface area contributed by atoms with Crippen LogP contribution in [0.15, 0.2) is 37.0 Å². The summed E-state index contributed by atoms with van der Waals surface area (Å²) in [5.41, 5.74) is 12.6. The fourth-order valence-corrected chi connectivity index (χ4v) is 2.25. The Morgan fingerprint density at radius 2 is 1.68 bits per heavy atom. The van der Waals surface area contributed by atoms with Crippen molar-refractivity contribution in [3.8, 4) is 0 Å². The summed E-state index contributed by atoms with van der Waals surface area (Å²) in [5.74, 6) is 1.50. The van der Waals surface area contributed by atoms with Gasteiger partial charge in [-0.15, -0.1) is 13.2 Å². The molecule has 0 aromatic carbocycles. The summed E-state index contributed by atoms with van der Waals surface area (Å²) in [5, 5.41) is 0. The Labute approximate surface area is 159 Å². The Morgan fingerprint density at radius 3 is 1.92 bits per heavy atom. The molecule has 0 aromatic heterocycles. The third-order valence-electron chi connectivity index (χ3n) is 4.51. The minimum absolute atomic E-state index is 0.324. The number of rotatable bonds is 6. The fourth-order valence-electron chi connectivity index (χ4n) is 2.25. The van der Waals surface area contributed by atoms with Crippen LogP contribution in [-0.2, 0) is 0 Å². The van der Waals surface area contributed by atoms with Crippen LogP contribution in [0.1, 0.15) is 81.1 Å². The minimum atomic E-state index is 0.324. The predicted molar refractivity (Wildman–Crippen MR) is 119 cm³/mol. The van der Waals surface area contributed by atoms with Gasteiger partial charge in [-0.3, -0.25) is 0 Å². The van der Waals surface area contributed by atoms with E-state index < -0.39 is 0 Å². The van der Waals surface area contributed by atoms with E-state index in [4.69, 9.17) is 11.5 Å². The summed E-state index contributed by atoms with van der Waals surface area (Å²) in [6.07, 6.45) is 11.6. The lowest BCUT2D eigenvalue weighted by molar-refractivity contribution is 0.297. The lowest BCUT2D eigenvalue weighted by Gasteiger charge is -2.32. The molecule has 0 bridgehead atoms. The van der Waals surface area contributed by atoms with E-state index in [1.165, 1.54) is 18.4 Å². The van der Waals surface area contributed by atoms with Crippen molar-refractivity contribution in [2.45, 2.75) is 87.1 Å². The van der Waals surface area contributed by atoms with Crippen LogP contribution in [0.3, 0.4) is 0 Å². The fraction of sp³-hybridized carbons (Fsp3) is 0.739. The number of allylic oxidation sites excluding steroid dienone is 4. The second-order valence-corrected chi connectivity index (χ2v) is 7.32. The summed E-state index contributed by atoms with van der Waals surface area (Å²) >= 11 is 0. The first-order valence-corrected chi connectivity index (χ1v) is 10.1. The average Bonchev–Trinajstić information content (AvgIpc) is 2.61. The first kappa shape index (κ1) is 28.9. The highest BCUT2D eigenvalue weighted by atomic mass is 14.6. The van der Waals surface area contributed by atoms with E-state index in [9.17, 15) is 0 Å². The summed E-state index contributed by atoms with van der Waals surface area (Å²) < 4.78 is 0. The Kier molecular flexibility index (Phi) is 20.8. The zero-order chi connectivity index (χ0) is 20.5. The molecule has 2 nitrogen and oxygen atoms in total. The average molecular weight is 353 g/mol. The van der Waals surface area contributed by atoms with E-state index in [-0.39, 0.29) is 0 Å². The molecule has 0 amide bonds. The van der Waals surface area contributed by atoms with Gasteiger partial charge in [0.2, 0.25) is 0 Å². The van der Waals surface area contributed by atoms with E-state index >= 15 is 0 Å². The first-order valence-electron chi connectivity index (χ1n) is 10.1. The third-order valence-corrected chi connectivity index (χ3v) is 4.51. The second kappa shape index (κ2) is 17.9. The van der Waals surface area contributed by atoms with Gasteiger partial charge in [0.25, 0.3) is 0 Å². The molecule has 0 radical (unpaired) electrons. The molecule has 1 rings (SSSR count). The van der Waals surface area contributed by atoms with Gasteiger partial charge in [-0.05, 0) is 49.5 Å². The standard InChI is InChI=1S/C14H24.C5H14N2.C2H6.C2H4/c1-11(2)10-13-6-8-14(5,9-7-13)12(3)4;1-2-5(7)3-4-6;2*1-2/h6-8,11-12H,9-10H2,1-5H3;5H,2-4,6-7H2,1H3;1-2H3;1-2H2. The topological polar surface area (TPSA) is 52.0 Å². The van der Waals surface area contributed by atoms with Crippen molar-refractivity contribution in [1.82, 2.24) is 0 Å². The normalized spacial score (nSPS) is 19.6. The van der Waals surface area contributed by atoms with Crippen LogP contribution >= 0.6 is 0 Å². The summed E-state index contributed by atoms with van der Waals surface area (Å²) in [6, 6.07) is 0.324. The SMILES string of the molecule is C=C.CC.CC(C)CC1=CCC(C)(C(C)C)C=C1.CCC(N)CCN. The van der Waals surface area contributed by atoms with Gasteiger partial charge in [0.1, 0.15) is 0 Å². The van der Waals surface area contributed by atoms with Crippen molar-refractivity contribution in [3.63, 3.8) is 0 Å². The van der Waals surface area contributed by atoms with Gasteiger partial charge < -0.3 is 11.5 Å². The van der Waals surface area contributed by atoms with E-state index in [1.54, 1.807) is 0 Å². The number of hydrogen-bond donors (Lipinski definition) is 2. The minimum Gasteiger partial charge on any atom is -0.330 e. The highest BCUT2D eigenvalue weighted by Gasteiger charge is 2.26. The van der Waals surface area contributed by atoms with Crippen LogP contribution in [0.5, 0.6) is 0 Å². The molecule has 0 saturated heterocycles. The molecule has 1 aliphatic rings. The molecule has 0 aromatic rings. The van der Waals surface area contributed by atoms with Gasteiger partial charge in [0.15, 0.2) is 0 Å². The predicted octanol–water partition coefficient (Wildman–Crippen LogP) is 6.48. The maximum Gasteiger partial charge on any atom is 0.00482 e. The van der Waals surface area contributed by atoms with E-state index in [0.29, 0.717) is 11.5 Å². The second-order valence-electron chi connectivity index (χ2n) is 7.32. The molecule has 0 spiro atoms. The van der Waals surface area contributed by atoms with Gasteiger partial charge in [-0.2, -0.15) is 0 Å². The number of nitrogens with two attached hydrogens (primary N) is 2. The van der Waals surface area contributed by atoms with Crippen LogP contribution in [0.2, 0.25) is 0 Å². The molecular weight excluding hydrogens is 304 g/mol. The van der Waals surface area contributed by atoms with Crippen LogP contribution in [0, 0.1) is 17.3 Å². The lowest BCUT2D eigenvalue weighted by atomic mass is 9.73. The summed E-state index contributed by atoms with van der Waals surface area (Å²) in [4.78, 5) is 0. The summed E-state index contributed by atoms with van der Waals surface area (Å²) in [6.45, 7) is 24.3. The van der Waals surface area contributed by atoms with Gasteiger partial charge in [-0.25, -0.2) is 0 Å². The van der Waals surface area contributed by atoms with Crippen molar-refractivity contribution in [3.05, 3.63) is 37.0 Å². The van der Waals surface area contributed by atoms with Crippen molar-refractivity contribution >= 4 is 0 Å². The maximum atomic E-state index is 5.50. The number of hydrogen-bond acceptors (Lipinski definition) is 2. The molecule has 0 heterocycles. The molecular formula is C23H48N2. The molecule has 1 aliphatic carbocycles. The van der Waals surface area contributed by atoms with Gasteiger partial charge in [0.05, 0.1) is 0 Å². The largest absolute Gasteiger partial charge is 0.330 e. The Balaban J connectivity index is -0.000000372. The zero-order valence-corrected chi connectivity index (χ0v) is 18.6. The highest BCUT2D eigenvalue weighted by Crippen LogP contribution is 2.37. The van der Waals surface area contributed by atoms with Crippen LogP contribution in [-0.4, -0.2) is 12.6 Å². The third kappa shape index (κ3) is 15.1. The lowest BCUT2D eigenvalue weighted by Crippen LogP contribution is -2.22. The van der Waals surface area contributed by atoms with Crippen LogP contribution in [0.4, 0.5) is 0 Å². The molecule has 2 atom stereocenters. The van der Waals surface area contributed by atoms with Gasteiger partial charge >= 0.3 is 0 Å². The van der Waals surface area contributed by atoms with Crippen molar-refractivity contribution in [1.29, 1.82) is 0 Å². The van der Waals surface area contributed by atoms with E-state index in [1.807, 2.05) is 13.8 Å². The molecule has 0 fully saturated rings. The molecule has 4 N–H and O–H groups in total. The molecule has 0 aliphatic heterocycles. The molecule has 0 saturated carbocycles.